The molecule has 1 amide bonds. The molecule has 0 aliphatic carbocycles. The molecule has 0 aromatic heterocycles. The van der Waals surface area contributed by atoms with Crippen molar-refractivity contribution in [2.45, 2.75) is 18.9 Å². The van der Waals surface area contributed by atoms with Gasteiger partial charge in [-0.1, -0.05) is 36.4 Å². The van der Waals surface area contributed by atoms with E-state index in [-0.39, 0.29) is 18.4 Å². The number of ether oxygens (including phenoxy) is 1. The smallest absolute Gasteiger partial charge is 0.303 e. The number of benzene rings is 2. The minimum atomic E-state index is -0.784. The van der Waals surface area contributed by atoms with Crippen LogP contribution in [0.5, 0.6) is 5.75 Å². The fraction of sp³-hybridized carbons (Fsp3) is 0.364. The molecular weight excluding hydrogens is 356 g/mol. The van der Waals surface area contributed by atoms with Crippen LogP contribution in [0.1, 0.15) is 34.8 Å². The van der Waals surface area contributed by atoms with Gasteiger partial charge in [-0.05, 0) is 30.2 Å². The van der Waals surface area contributed by atoms with Crippen LogP contribution < -0.4 is 4.74 Å². The van der Waals surface area contributed by atoms with E-state index in [1.807, 2.05) is 47.4 Å². The van der Waals surface area contributed by atoms with E-state index in [1.54, 1.807) is 19.2 Å². The molecule has 1 saturated heterocycles. The van der Waals surface area contributed by atoms with Crippen molar-refractivity contribution in [1.29, 1.82) is 0 Å². The van der Waals surface area contributed by atoms with Gasteiger partial charge in [0.15, 0.2) is 0 Å². The third-order valence-corrected chi connectivity index (χ3v) is 5.17. The van der Waals surface area contributed by atoms with Crippen LogP contribution in [0.2, 0.25) is 0 Å². The Morgan fingerprint density at radius 3 is 2.39 bits per heavy atom. The highest BCUT2D eigenvalue weighted by Crippen LogP contribution is 2.27. The summed E-state index contributed by atoms with van der Waals surface area (Å²) in [6.07, 6.45) is 0.686. The lowest BCUT2D eigenvalue weighted by atomic mass is 9.99. The van der Waals surface area contributed by atoms with Gasteiger partial charge in [-0.2, -0.15) is 0 Å². The second-order valence-electron chi connectivity index (χ2n) is 6.92. The summed E-state index contributed by atoms with van der Waals surface area (Å²) < 4.78 is 5.21. The van der Waals surface area contributed by atoms with Gasteiger partial charge in [0, 0.05) is 44.2 Å². The van der Waals surface area contributed by atoms with Crippen LogP contribution in [0.3, 0.4) is 0 Å². The van der Waals surface area contributed by atoms with Gasteiger partial charge in [-0.15, -0.1) is 0 Å². The average Bonchev–Trinajstić information content (AvgIpc) is 2.74. The minimum Gasteiger partial charge on any atom is -0.497 e. The molecule has 6 heteroatoms. The summed E-state index contributed by atoms with van der Waals surface area (Å²) in [7, 11) is 1.59. The summed E-state index contributed by atoms with van der Waals surface area (Å²) >= 11 is 0. The Kier molecular flexibility index (Phi) is 6.66. The van der Waals surface area contributed by atoms with Gasteiger partial charge in [0.25, 0.3) is 5.91 Å². The molecule has 1 fully saturated rings. The Bertz CT molecular complexity index is 801. The van der Waals surface area contributed by atoms with Crippen molar-refractivity contribution < 1.29 is 19.4 Å². The van der Waals surface area contributed by atoms with Gasteiger partial charge < -0.3 is 14.7 Å². The molecule has 0 saturated carbocycles. The van der Waals surface area contributed by atoms with Crippen LogP contribution in [-0.2, 0) is 4.79 Å². The predicted molar refractivity (Wildman–Crippen MR) is 107 cm³/mol. The normalized spacial score (nSPS) is 15.8. The highest BCUT2D eigenvalue weighted by molar-refractivity contribution is 5.94. The highest BCUT2D eigenvalue weighted by atomic mass is 16.5. The summed E-state index contributed by atoms with van der Waals surface area (Å²) in [5.41, 5.74) is 1.75. The fourth-order valence-corrected chi connectivity index (χ4v) is 3.67. The van der Waals surface area contributed by atoms with Crippen molar-refractivity contribution in [2.75, 3.05) is 33.3 Å². The van der Waals surface area contributed by atoms with Crippen LogP contribution in [0.25, 0.3) is 0 Å². The lowest BCUT2D eigenvalue weighted by Crippen LogP contribution is -2.49. The zero-order valence-corrected chi connectivity index (χ0v) is 16.1. The molecule has 2 aromatic rings. The molecule has 0 spiro atoms. The molecule has 28 heavy (non-hydrogen) atoms. The number of carbonyl (C=O) groups is 2. The van der Waals surface area contributed by atoms with E-state index in [0.717, 1.165) is 18.7 Å². The van der Waals surface area contributed by atoms with Crippen molar-refractivity contribution in [3.63, 3.8) is 0 Å². The number of nitrogens with zero attached hydrogens (tertiary/aromatic N) is 2. The number of hydrogen-bond donors (Lipinski definition) is 1. The maximum absolute atomic E-state index is 12.8. The maximum atomic E-state index is 12.8. The lowest BCUT2D eigenvalue weighted by Gasteiger charge is -2.39. The van der Waals surface area contributed by atoms with E-state index < -0.39 is 5.97 Å². The van der Waals surface area contributed by atoms with E-state index in [0.29, 0.717) is 30.8 Å². The second-order valence-corrected chi connectivity index (χ2v) is 6.92. The second kappa shape index (κ2) is 9.37. The summed E-state index contributed by atoms with van der Waals surface area (Å²) in [6.45, 7) is 2.67. The molecule has 0 radical (unpaired) electrons. The van der Waals surface area contributed by atoms with Gasteiger partial charge in [-0.25, -0.2) is 0 Å². The van der Waals surface area contributed by atoms with E-state index >= 15 is 0 Å². The molecule has 0 bridgehead atoms. The number of aliphatic carboxylic acids is 1. The fourth-order valence-electron chi connectivity index (χ4n) is 3.67. The first kappa shape index (κ1) is 19.9. The first-order valence-corrected chi connectivity index (χ1v) is 9.52. The number of hydrogen-bond acceptors (Lipinski definition) is 4. The Labute approximate surface area is 165 Å². The van der Waals surface area contributed by atoms with Gasteiger partial charge in [0.2, 0.25) is 0 Å². The molecule has 148 valence electrons. The number of rotatable bonds is 7. The molecule has 1 atom stereocenters. The summed E-state index contributed by atoms with van der Waals surface area (Å²) in [6, 6.07) is 17.2. The monoisotopic (exact) mass is 382 g/mol. The predicted octanol–water partition coefficient (Wildman–Crippen LogP) is 3.06. The largest absolute Gasteiger partial charge is 0.497 e. The van der Waals surface area contributed by atoms with E-state index in [2.05, 4.69) is 4.90 Å². The molecule has 2 aromatic carbocycles. The number of amides is 1. The number of carboxylic acid groups (broad SMARTS) is 1. The summed E-state index contributed by atoms with van der Waals surface area (Å²) in [5, 5.41) is 9.11. The van der Waals surface area contributed by atoms with E-state index in [1.165, 1.54) is 0 Å². The quantitative estimate of drug-likeness (QED) is 0.797. The SMILES string of the molecule is COc1cccc(C(=O)N2CCN([C@@H](CCC(=O)O)c3ccccc3)CC2)c1. The van der Waals surface area contributed by atoms with Crippen molar-refractivity contribution in [1.82, 2.24) is 9.80 Å². The first-order valence-electron chi connectivity index (χ1n) is 9.52. The highest BCUT2D eigenvalue weighted by Gasteiger charge is 2.28. The zero-order chi connectivity index (χ0) is 19.9. The van der Waals surface area contributed by atoms with Gasteiger partial charge in [-0.3, -0.25) is 14.5 Å². The third kappa shape index (κ3) is 4.89. The number of piperazine rings is 1. The molecule has 1 aliphatic heterocycles. The lowest BCUT2D eigenvalue weighted by molar-refractivity contribution is -0.137. The summed E-state index contributed by atoms with van der Waals surface area (Å²) in [4.78, 5) is 28.0. The number of carbonyl (C=O) groups excluding carboxylic acids is 1. The number of methoxy groups -OCH3 is 1. The van der Waals surface area contributed by atoms with E-state index in [4.69, 9.17) is 9.84 Å². The summed E-state index contributed by atoms with van der Waals surface area (Å²) in [5.74, 6) is -0.115. The molecule has 0 unspecified atom stereocenters. The van der Waals surface area contributed by atoms with Gasteiger partial charge in [0.05, 0.1) is 7.11 Å². The van der Waals surface area contributed by atoms with Crippen LogP contribution in [0, 0.1) is 0 Å². The van der Waals surface area contributed by atoms with Crippen LogP contribution in [0.4, 0.5) is 0 Å². The Morgan fingerprint density at radius 2 is 1.75 bits per heavy atom. The Balaban J connectivity index is 1.66. The van der Waals surface area contributed by atoms with Crippen LogP contribution in [0.15, 0.2) is 54.6 Å². The van der Waals surface area contributed by atoms with Crippen LogP contribution >= 0.6 is 0 Å². The molecule has 1 aliphatic rings. The zero-order valence-electron chi connectivity index (χ0n) is 16.1. The molecular formula is C22H26N2O4. The minimum absolute atomic E-state index is 0.000321. The maximum Gasteiger partial charge on any atom is 0.303 e. The number of carboxylic acids is 1. The molecule has 6 nitrogen and oxygen atoms in total. The molecule has 1 N–H and O–H groups in total. The van der Waals surface area contributed by atoms with Gasteiger partial charge >= 0.3 is 5.97 Å². The molecule has 1 heterocycles. The average molecular weight is 382 g/mol. The van der Waals surface area contributed by atoms with Crippen molar-refractivity contribution >= 4 is 11.9 Å². The van der Waals surface area contributed by atoms with E-state index in [9.17, 15) is 9.59 Å². The van der Waals surface area contributed by atoms with Crippen molar-refractivity contribution in [3.8, 4) is 5.75 Å². The van der Waals surface area contributed by atoms with Crippen molar-refractivity contribution in [2.24, 2.45) is 0 Å². The van der Waals surface area contributed by atoms with Gasteiger partial charge in [0.1, 0.15) is 5.75 Å². The third-order valence-electron chi connectivity index (χ3n) is 5.17. The van der Waals surface area contributed by atoms with Crippen LogP contribution in [-0.4, -0.2) is 60.1 Å². The topological polar surface area (TPSA) is 70.1 Å². The Hall–Kier alpha value is -2.86. The Morgan fingerprint density at radius 1 is 1.04 bits per heavy atom. The standard InChI is InChI=1S/C22H26N2O4/c1-28-19-9-5-8-18(16-19)22(27)24-14-12-23(13-15-24)20(10-11-21(25)26)17-6-3-2-4-7-17/h2-9,16,20H,10-15H2,1H3,(H,25,26)/t20-/m0/s1. The molecule has 3 rings (SSSR count). The first-order chi connectivity index (χ1) is 13.6. The van der Waals surface area contributed by atoms with Crippen molar-refractivity contribution in [3.05, 3.63) is 65.7 Å².